The Bertz CT molecular complexity index is 1300. The second kappa shape index (κ2) is 9.87. The van der Waals surface area contributed by atoms with Gasteiger partial charge in [0.05, 0.1) is 22.8 Å². The molecule has 0 spiro atoms. The van der Waals surface area contributed by atoms with Crippen LogP contribution in [0.5, 0.6) is 0 Å². The molecule has 3 aromatic carbocycles. The number of carbonyl (C=O) groups excluding carboxylic acids is 2. The Hall–Kier alpha value is -3.65. The minimum Gasteiger partial charge on any atom is -0.462 e. The zero-order valence-corrected chi connectivity index (χ0v) is 19.7. The van der Waals surface area contributed by atoms with Gasteiger partial charge >= 0.3 is 5.97 Å². The molecule has 0 aromatic heterocycles. The van der Waals surface area contributed by atoms with Crippen molar-refractivity contribution in [2.45, 2.75) is 32.6 Å². The number of hydrogen-bond acceptors (Lipinski definition) is 5. The Kier molecular flexibility index (Phi) is 7.18. The lowest BCUT2D eigenvalue weighted by molar-refractivity contribution is 0.0526. The molecule has 0 aliphatic carbocycles. The van der Waals surface area contributed by atoms with E-state index in [9.17, 15) is 18.0 Å². The van der Waals surface area contributed by atoms with Gasteiger partial charge in [-0.05, 0) is 86.8 Å². The van der Waals surface area contributed by atoms with E-state index in [1.807, 2.05) is 26.0 Å². The van der Waals surface area contributed by atoms with Crippen molar-refractivity contribution in [1.82, 2.24) is 0 Å². The van der Waals surface area contributed by atoms with Gasteiger partial charge in [-0.15, -0.1) is 0 Å². The van der Waals surface area contributed by atoms with Crippen LogP contribution in [0.25, 0.3) is 0 Å². The standard InChI is InChI=1S/C25H26N2O5S/c1-5-32-25(29)19-10-12-21(13-11-19)26-24(28)20-9-8-18(4)23(15-20)33(30,31)27-22-14-16(2)6-7-17(22)3/h6-15,27H,5H2,1-4H3,(H,26,28). The third-order valence-corrected chi connectivity index (χ3v) is 6.54. The van der Waals surface area contributed by atoms with Crippen molar-refractivity contribution >= 4 is 33.3 Å². The number of carbonyl (C=O) groups is 2. The van der Waals surface area contributed by atoms with E-state index >= 15 is 0 Å². The maximum atomic E-state index is 13.1. The van der Waals surface area contributed by atoms with Crippen LogP contribution >= 0.6 is 0 Å². The molecule has 3 aromatic rings. The van der Waals surface area contributed by atoms with Gasteiger partial charge < -0.3 is 10.1 Å². The number of hydrogen-bond donors (Lipinski definition) is 2. The molecule has 0 fully saturated rings. The summed E-state index contributed by atoms with van der Waals surface area (Å²) in [7, 11) is -3.91. The lowest BCUT2D eigenvalue weighted by Crippen LogP contribution is -2.17. The lowest BCUT2D eigenvalue weighted by Gasteiger charge is -2.14. The van der Waals surface area contributed by atoms with Crippen LogP contribution in [0.15, 0.2) is 65.6 Å². The Morgan fingerprint density at radius 1 is 0.848 bits per heavy atom. The number of rotatable bonds is 7. The highest BCUT2D eigenvalue weighted by Crippen LogP contribution is 2.24. The maximum Gasteiger partial charge on any atom is 0.338 e. The normalized spacial score (nSPS) is 11.0. The van der Waals surface area contributed by atoms with E-state index in [1.165, 1.54) is 6.07 Å². The van der Waals surface area contributed by atoms with Crippen LogP contribution in [0.3, 0.4) is 0 Å². The molecule has 0 heterocycles. The molecule has 0 atom stereocenters. The van der Waals surface area contributed by atoms with Crippen molar-refractivity contribution < 1.29 is 22.7 Å². The van der Waals surface area contributed by atoms with Gasteiger partial charge in [0.25, 0.3) is 15.9 Å². The average molecular weight is 467 g/mol. The number of anilines is 2. The van der Waals surface area contributed by atoms with E-state index in [2.05, 4.69) is 10.0 Å². The van der Waals surface area contributed by atoms with Crippen molar-refractivity contribution in [2.24, 2.45) is 0 Å². The first-order valence-corrected chi connectivity index (χ1v) is 11.9. The van der Waals surface area contributed by atoms with Crippen LogP contribution in [0, 0.1) is 20.8 Å². The van der Waals surface area contributed by atoms with E-state index in [1.54, 1.807) is 56.3 Å². The average Bonchev–Trinajstić information content (AvgIpc) is 2.77. The number of aryl methyl sites for hydroxylation is 3. The first kappa shape index (κ1) is 24.0. The third kappa shape index (κ3) is 5.78. The summed E-state index contributed by atoms with van der Waals surface area (Å²) in [5.74, 6) is -0.915. The van der Waals surface area contributed by atoms with Gasteiger partial charge in [-0.3, -0.25) is 9.52 Å². The van der Waals surface area contributed by atoms with Crippen molar-refractivity contribution in [1.29, 1.82) is 0 Å². The summed E-state index contributed by atoms with van der Waals surface area (Å²) in [6.45, 7) is 7.37. The van der Waals surface area contributed by atoms with E-state index in [4.69, 9.17) is 4.74 Å². The lowest BCUT2D eigenvalue weighted by atomic mass is 10.1. The zero-order chi connectivity index (χ0) is 24.2. The highest BCUT2D eigenvalue weighted by Gasteiger charge is 2.20. The molecule has 0 aliphatic heterocycles. The molecule has 3 rings (SSSR count). The van der Waals surface area contributed by atoms with Gasteiger partial charge in [0.2, 0.25) is 0 Å². The second-order valence-electron chi connectivity index (χ2n) is 7.66. The highest BCUT2D eigenvalue weighted by atomic mass is 32.2. The number of sulfonamides is 1. The Labute approximate surface area is 193 Å². The monoisotopic (exact) mass is 466 g/mol. The Morgan fingerprint density at radius 3 is 2.15 bits per heavy atom. The predicted octanol–water partition coefficient (Wildman–Crippen LogP) is 4.84. The van der Waals surface area contributed by atoms with Gasteiger partial charge in [0, 0.05) is 11.3 Å². The fraction of sp³-hybridized carbons (Fsp3) is 0.200. The van der Waals surface area contributed by atoms with E-state index in [0.29, 0.717) is 22.5 Å². The molecule has 0 aliphatic rings. The van der Waals surface area contributed by atoms with Crippen molar-refractivity contribution in [3.63, 3.8) is 0 Å². The first-order valence-electron chi connectivity index (χ1n) is 10.4. The predicted molar refractivity (Wildman–Crippen MR) is 128 cm³/mol. The van der Waals surface area contributed by atoms with Crippen LogP contribution in [-0.4, -0.2) is 26.9 Å². The van der Waals surface area contributed by atoms with Gasteiger partial charge in [-0.25, -0.2) is 13.2 Å². The van der Waals surface area contributed by atoms with Crippen LogP contribution in [0.4, 0.5) is 11.4 Å². The molecule has 33 heavy (non-hydrogen) atoms. The fourth-order valence-corrected chi connectivity index (χ4v) is 4.58. The molecule has 1 amide bonds. The summed E-state index contributed by atoms with van der Waals surface area (Å²) in [6, 6.07) is 16.3. The summed E-state index contributed by atoms with van der Waals surface area (Å²) >= 11 is 0. The molecular weight excluding hydrogens is 440 g/mol. The topological polar surface area (TPSA) is 102 Å². The molecule has 0 saturated carbocycles. The molecule has 0 saturated heterocycles. The smallest absolute Gasteiger partial charge is 0.338 e. The molecule has 0 bridgehead atoms. The minimum absolute atomic E-state index is 0.0220. The maximum absolute atomic E-state index is 13.1. The SMILES string of the molecule is CCOC(=O)c1ccc(NC(=O)c2ccc(C)c(S(=O)(=O)Nc3cc(C)ccc3C)c2)cc1. The third-order valence-electron chi connectivity index (χ3n) is 5.03. The summed E-state index contributed by atoms with van der Waals surface area (Å²) < 4.78 is 33.7. The van der Waals surface area contributed by atoms with Gasteiger partial charge in [0.15, 0.2) is 0 Å². The Morgan fingerprint density at radius 2 is 1.48 bits per heavy atom. The van der Waals surface area contributed by atoms with E-state index in [0.717, 1.165) is 11.1 Å². The van der Waals surface area contributed by atoms with Gasteiger partial charge in [0.1, 0.15) is 0 Å². The second-order valence-corrected chi connectivity index (χ2v) is 9.31. The summed E-state index contributed by atoms with van der Waals surface area (Å²) in [6.07, 6.45) is 0. The zero-order valence-electron chi connectivity index (χ0n) is 18.9. The number of esters is 1. The molecule has 7 nitrogen and oxygen atoms in total. The molecular formula is C25H26N2O5S. The molecule has 0 unspecified atom stereocenters. The van der Waals surface area contributed by atoms with E-state index < -0.39 is 21.9 Å². The minimum atomic E-state index is -3.91. The first-order chi connectivity index (χ1) is 15.6. The van der Waals surface area contributed by atoms with Crippen molar-refractivity contribution in [3.05, 3.63) is 88.5 Å². The van der Waals surface area contributed by atoms with Crippen LogP contribution in [-0.2, 0) is 14.8 Å². The molecule has 0 radical (unpaired) electrons. The fourth-order valence-electron chi connectivity index (χ4n) is 3.18. The van der Waals surface area contributed by atoms with E-state index in [-0.39, 0.29) is 17.1 Å². The number of benzene rings is 3. The largest absolute Gasteiger partial charge is 0.462 e. The highest BCUT2D eigenvalue weighted by molar-refractivity contribution is 7.92. The van der Waals surface area contributed by atoms with Crippen molar-refractivity contribution in [2.75, 3.05) is 16.6 Å². The summed E-state index contributed by atoms with van der Waals surface area (Å²) in [4.78, 5) is 24.5. The van der Waals surface area contributed by atoms with Crippen LogP contribution in [0.1, 0.15) is 44.3 Å². The molecule has 2 N–H and O–H groups in total. The summed E-state index contributed by atoms with van der Waals surface area (Å²) in [5.41, 5.74) is 3.76. The quantitative estimate of drug-likeness (QED) is 0.485. The number of ether oxygens (including phenoxy) is 1. The molecule has 172 valence electrons. The van der Waals surface area contributed by atoms with Gasteiger partial charge in [-0.1, -0.05) is 18.2 Å². The van der Waals surface area contributed by atoms with Crippen LogP contribution in [0.2, 0.25) is 0 Å². The number of amides is 1. The summed E-state index contributed by atoms with van der Waals surface area (Å²) in [5, 5.41) is 2.71. The molecule has 8 heteroatoms. The Balaban J connectivity index is 1.82. The van der Waals surface area contributed by atoms with Crippen LogP contribution < -0.4 is 10.0 Å². The van der Waals surface area contributed by atoms with Crippen molar-refractivity contribution in [3.8, 4) is 0 Å². The number of nitrogens with one attached hydrogen (secondary N) is 2. The van der Waals surface area contributed by atoms with Gasteiger partial charge in [-0.2, -0.15) is 0 Å².